The van der Waals surface area contributed by atoms with Crippen LogP contribution >= 0.6 is 0 Å². The van der Waals surface area contributed by atoms with Crippen molar-refractivity contribution in [3.8, 4) is 0 Å². The number of nitrogens with zero attached hydrogens (tertiary/aromatic N) is 3. The largest absolute Gasteiger partial charge is 0.270 e. The first-order valence-corrected chi connectivity index (χ1v) is 4.89. The topological polar surface area (TPSA) is 30.7 Å². The van der Waals surface area contributed by atoms with Gasteiger partial charge in [-0.3, -0.25) is 4.68 Å². The van der Waals surface area contributed by atoms with E-state index < -0.39 is 0 Å². The van der Waals surface area contributed by atoms with Crippen LogP contribution in [0.15, 0.2) is 12.3 Å². The Labute approximate surface area is 83.8 Å². The summed E-state index contributed by atoms with van der Waals surface area (Å²) in [4.78, 5) is 4.35. The van der Waals surface area contributed by atoms with E-state index in [2.05, 4.69) is 36.9 Å². The van der Waals surface area contributed by atoms with Crippen molar-refractivity contribution < 1.29 is 0 Å². The van der Waals surface area contributed by atoms with Gasteiger partial charge in [0.25, 0.3) is 0 Å². The van der Waals surface area contributed by atoms with Crippen LogP contribution in [0.1, 0.15) is 31.0 Å². The molecule has 0 saturated carbocycles. The number of rotatable bonds is 1. The van der Waals surface area contributed by atoms with E-state index in [-0.39, 0.29) is 0 Å². The van der Waals surface area contributed by atoms with E-state index in [9.17, 15) is 0 Å². The second kappa shape index (κ2) is 3.08. The molecule has 0 aliphatic heterocycles. The Morgan fingerprint density at radius 1 is 1.36 bits per heavy atom. The van der Waals surface area contributed by atoms with E-state index in [1.54, 1.807) is 0 Å². The first kappa shape index (κ1) is 9.19. The first-order valence-electron chi connectivity index (χ1n) is 4.89. The third kappa shape index (κ3) is 1.29. The van der Waals surface area contributed by atoms with Crippen LogP contribution in [-0.4, -0.2) is 14.8 Å². The summed E-state index contributed by atoms with van der Waals surface area (Å²) in [6, 6.07) is 2.19. The molecule has 3 nitrogen and oxygen atoms in total. The minimum atomic E-state index is 0.520. The molecule has 2 rings (SSSR count). The van der Waals surface area contributed by atoms with E-state index in [0.717, 1.165) is 5.65 Å². The maximum Gasteiger partial charge on any atom is 0.181 e. The highest BCUT2D eigenvalue weighted by Crippen LogP contribution is 2.20. The smallest absolute Gasteiger partial charge is 0.181 e. The van der Waals surface area contributed by atoms with Gasteiger partial charge in [-0.1, -0.05) is 13.8 Å². The summed E-state index contributed by atoms with van der Waals surface area (Å²) in [5.74, 6) is 0.520. The summed E-state index contributed by atoms with van der Waals surface area (Å²) in [6.07, 6.45) is 1.92. The van der Waals surface area contributed by atoms with Crippen LogP contribution < -0.4 is 0 Å². The molecule has 2 heterocycles. The Hall–Kier alpha value is -1.38. The molecule has 0 bridgehead atoms. The standard InChI is InChI=1S/C11H15N3/c1-7(2)9-5-10-8(3)14(4)13-11(10)12-6-9/h5-7H,1-4H3. The average Bonchev–Trinajstić information content (AvgIpc) is 2.43. The number of hydrogen-bond donors (Lipinski definition) is 0. The molecule has 0 aliphatic rings. The summed E-state index contributed by atoms with van der Waals surface area (Å²) in [6.45, 7) is 6.42. The molecule has 0 amide bonds. The summed E-state index contributed by atoms with van der Waals surface area (Å²) >= 11 is 0. The molecule has 0 N–H and O–H groups in total. The van der Waals surface area contributed by atoms with Gasteiger partial charge in [-0.2, -0.15) is 5.10 Å². The van der Waals surface area contributed by atoms with Crippen LogP contribution in [0.2, 0.25) is 0 Å². The second-order valence-corrected chi connectivity index (χ2v) is 4.00. The molecule has 14 heavy (non-hydrogen) atoms. The molecule has 0 atom stereocenters. The molecular formula is C11H15N3. The summed E-state index contributed by atoms with van der Waals surface area (Å²) in [5, 5.41) is 5.48. The minimum Gasteiger partial charge on any atom is -0.270 e. The van der Waals surface area contributed by atoms with E-state index in [1.807, 2.05) is 17.9 Å². The Morgan fingerprint density at radius 2 is 2.07 bits per heavy atom. The van der Waals surface area contributed by atoms with E-state index in [1.165, 1.54) is 16.6 Å². The minimum absolute atomic E-state index is 0.520. The quantitative estimate of drug-likeness (QED) is 0.689. The lowest BCUT2D eigenvalue weighted by Gasteiger charge is -2.03. The Balaban J connectivity index is 2.69. The molecule has 0 fully saturated rings. The van der Waals surface area contributed by atoms with E-state index >= 15 is 0 Å². The highest BCUT2D eigenvalue weighted by atomic mass is 15.3. The highest BCUT2D eigenvalue weighted by Gasteiger charge is 2.07. The lowest BCUT2D eigenvalue weighted by atomic mass is 10.0. The van der Waals surface area contributed by atoms with Crippen molar-refractivity contribution in [2.75, 3.05) is 0 Å². The van der Waals surface area contributed by atoms with E-state index in [4.69, 9.17) is 0 Å². The van der Waals surface area contributed by atoms with Crippen molar-refractivity contribution in [3.63, 3.8) is 0 Å². The Bertz CT molecular complexity index is 469. The number of aromatic nitrogens is 3. The molecular weight excluding hydrogens is 174 g/mol. The van der Waals surface area contributed by atoms with Gasteiger partial charge >= 0.3 is 0 Å². The van der Waals surface area contributed by atoms with Crippen LogP contribution in [0.4, 0.5) is 0 Å². The third-order valence-corrected chi connectivity index (χ3v) is 2.67. The molecule has 0 saturated heterocycles. The van der Waals surface area contributed by atoms with Crippen molar-refractivity contribution in [3.05, 3.63) is 23.5 Å². The second-order valence-electron chi connectivity index (χ2n) is 4.00. The van der Waals surface area contributed by atoms with Gasteiger partial charge in [0.15, 0.2) is 5.65 Å². The normalized spacial score (nSPS) is 11.5. The van der Waals surface area contributed by atoms with Crippen molar-refractivity contribution >= 4 is 11.0 Å². The van der Waals surface area contributed by atoms with Gasteiger partial charge in [-0.05, 0) is 24.5 Å². The zero-order valence-corrected chi connectivity index (χ0v) is 9.07. The molecule has 2 aromatic heterocycles. The number of hydrogen-bond acceptors (Lipinski definition) is 2. The summed E-state index contributed by atoms with van der Waals surface area (Å²) in [7, 11) is 1.95. The van der Waals surface area contributed by atoms with Crippen LogP contribution in [0.5, 0.6) is 0 Å². The number of fused-ring (bicyclic) bond motifs is 1. The fourth-order valence-electron chi connectivity index (χ4n) is 1.53. The lowest BCUT2D eigenvalue weighted by Crippen LogP contribution is -1.91. The van der Waals surface area contributed by atoms with Crippen LogP contribution in [-0.2, 0) is 7.05 Å². The molecule has 74 valence electrons. The van der Waals surface area contributed by atoms with Crippen molar-refractivity contribution in [1.29, 1.82) is 0 Å². The average molecular weight is 189 g/mol. The summed E-state index contributed by atoms with van der Waals surface area (Å²) in [5.41, 5.74) is 3.29. The van der Waals surface area contributed by atoms with Gasteiger partial charge in [-0.25, -0.2) is 4.98 Å². The maximum absolute atomic E-state index is 4.35. The zero-order chi connectivity index (χ0) is 10.3. The Morgan fingerprint density at radius 3 is 2.71 bits per heavy atom. The first-order chi connectivity index (χ1) is 6.59. The fraction of sp³-hybridized carbons (Fsp3) is 0.455. The molecule has 0 radical (unpaired) electrons. The fourth-order valence-corrected chi connectivity index (χ4v) is 1.53. The molecule has 0 aromatic carbocycles. The van der Waals surface area contributed by atoms with Gasteiger partial charge in [0, 0.05) is 24.3 Å². The van der Waals surface area contributed by atoms with Crippen LogP contribution in [0, 0.1) is 6.92 Å². The monoisotopic (exact) mass is 189 g/mol. The van der Waals surface area contributed by atoms with Gasteiger partial charge < -0.3 is 0 Å². The lowest BCUT2D eigenvalue weighted by molar-refractivity contribution is 0.748. The predicted molar refractivity (Wildman–Crippen MR) is 57.3 cm³/mol. The predicted octanol–water partition coefficient (Wildman–Crippen LogP) is 2.40. The van der Waals surface area contributed by atoms with Gasteiger partial charge in [0.05, 0.1) is 0 Å². The van der Waals surface area contributed by atoms with Gasteiger partial charge in [0.1, 0.15) is 0 Å². The Kier molecular flexibility index (Phi) is 2.02. The van der Waals surface area contributed by atoms with Gasteiger partial charge in [0.2, 0.25) is 0 Å². The van der Waals surface area contributed by atoms with Crippen LogP contribution in [0.25, 0.3) is 11.0 Å². The molecule has 0 aliphatic carbocycles. The summed E-state index contributed by atoms with van der Waals surface area (Å²) < 4.78 is 1.88. The third-order valence-electron chi connectivity index (χ3n) is 2.67. The van der Waals surface area contributed by atoms with Gasteiger partial charge in [-0.15, -0.1) is 0 Å². The van der Waals surface area contributed by atoms with Crippen molar-refractivity contribution in [2.24, 2.45) is 7.05 Å². The zero-order valence-electron chi connectivity index (χ0n) is 9.07. The molecule has 3 heteroatoms. The van der Waals surface area contributed by atoms with Crippen molar-refractivity contribution in [2.45, 2.75) is 26.7 Å². The SMILES string of the molecule is Cc1c2cc(C(C)C)cnc2nn1C. The molecule has 0 spiro atoms. The number of pyridine rings is 1. The molecule has 0 unspecified atom stereocenters. The van der Waals surface area contributed by atoms with E-state index in [0.29, 0.717) is 5.92 Å². The maximum atomic E-state index is 4.35. The highest BCUT2D eigenvalue weighted by molar-refractivity contribution is 5.78. The number of aryl methyl sites for hydroxylation is 2. The van der Waals surface area contributed by atoms with Crippen LogP contribution in [0.3, 0.4) is 0 Å². The molecule has 2 aromatic rings. The van der Waals surface area contributed by atoms with Crippen molar-refractivity contribution in [1.82, 2.24) is 14.8 Å².